The topological polar surface area (TPSA) is 58.9 Å². The summed E-state index contributed by atoms with van der Waals surface area (Å²) in [7, 11) is 0. The lowest BCUT2D eigenvalue weighted by molar-refractivity contribution is 0.420. The molecule has 4 nitrogen and oxygen atoms in total. The van der Waals surface area contributed by atoms with Gasteiger partial charge in [-0.2, -0.15) is 9.81 Å². The lowest BCUT2D eigenvalue weighted by Gasteiger charge is -2.21. The maximum atomic E-state index is 10.7. The van der Waals surface area contributed by atoms with Crippen molar-refractivity contribution >= 4 is 0 Å². The second-order valence-corrected chi connectivity index (χ2v) is 3.66. The molecule has 0 amide bonds. The third-order valence-electron chi connectivity index (χ3n) is 2.13. The van der Waals surface area contributed by atoms with Gasteiger partial charge >= 0.3 is 0 Å². The molecular formula is C10H12N2O2. The van der Waals surface area contributed by atoms with Gasteiger partial charge in [0.25, 0.3) is 0 Å². The standard InChI is InChI=1S/C10H12N2O2/c1-10(2,12-14)9(11-13)8-6-4-3-5-7-8/h3-7,9H,1-2H3. The Bertz CT molecular complexity index is 322. The molecule has 0 aliphatic heterocycles. The summed E-state index contributed by atoms with van der Waals surface area (Å²) in [5, 5.41) is 5.88. The molecule has 0 N–H and O–H groups in total. The van der Waals surface area contributed by atoms with Gasteiger partial charge in [-0.05, 0) is 19.4 Å². The van der Waals surface area contributed by atoms with Crippen LogP contribution in [0.2, 0.25) is 0 Å². The van der Waals surface area contributed by atoms with Gasteiger partial charge in [0.15, 0.2) is 0 Å². The fraction of sp³-hybridized carbons (Fsp3) is 0.400. The first-order valence-electron chi connectivity index (χ1n) is 4.33. The Balaban J connectivity index is 3.05. The van der Waals surface area contributed by atoms with Crippen molar-refractivity contribution < 1.29 is 0 Å². The van der Waals surface area contributed by atoms with E-state index >= 15 is 0 Å². The van der Waals surface area contributed by atoms with E-state index in [1.54, 1.807) is 38.1 Å². The van der Waals surface area contributed by atoms with Gasteiger partial charge < -0.3 is 0 Å². The van der Waals surface area contributed by atoms with Crippen LogP contribution in [0, 0.1) is 9.81 Å². The molecular weight excluding hydrogens is 180 g/mol. The van der Waals surface area contributed by atoms with Crippen molar-refractivity contribution in [1.29, 1.82) is 0 Å². The summed E-state index contributed by atoms with van der Waals surface area (Å²) < 4.78 is 0. The van der Waals surface area contributed by atoms with E-state index in [-0.39, 0.29) is 0 Å². The Morgan fingerprint density at radius 1 is 1.14 bits per heavy atom. The summed E-state index contributed by atoms with van der Waals surface area (Å²) in [4.78, 5) is 21.2. The summed E-state index contributed by atoms with van der Waals surface area (Å²) >= 11 is 0. The molecule has 1 atom stereocenters. The first kappa shape index (κ1) is 10.5. The highest BCUT2D eigenvalue weighted by molar-refractivity contribution is 5.22. The molecule has 0 saturated heterocycles. The van der Waals surface area contributed by atoms with Crippen LogP contribution in [0.4, 0.5) is 0 Å². The summed E-state index contributed by atoms with van der Waals surface area (Å²) in [6.07, 6.45) is 0. The molecule has 0 aromatic heterocycles. The fourth-order valence-electron chi connectivity index (χ4n) is 1.28. The highest BCUT2D eigenvalue weighted by atomic mass is 16.3. The van der Waals surface area contributed by atoms with Crippen LogP contribution >= 0.6 is 0 Å². The molecule has 0 aliphatic carbocycles. The lowest BCUT2D eigenvalue weighted by Crippen LogP contribution is -2.24. The van der Waals surface area contributed by atoms with Gasteiger partial charge in [0, 0.05) is 0 Å². The van der Waals surface area contributed by atoms with Gasteiger partial charge in [-0.1, -0.05) is 40.7 Å². The van der Waals surface area contributed by atoms with Crippen molar-refractivity contribution in [2.24, 2.45) is 10.4 Å². The van der Waals surface area contributed by atoms with E-state index in [1.165, 1.54) is 0 Å². The SMILES string of the molecule is CC(C)(N=O)C(N=O)c1ccccc1. The van der Waals surface area contributed by atoms with Gasteiger partial charge in [-0.15, -0.1) is 0 Å². The van der Waals surface area contributed by atoms with Crippen LogP contribution < -0.4 is 0 Å². The van der Waals surface area contributed by atoms with E-state index in [4.69, 9.17) is 0 Å². The zero-order valence-electron chi connectivity index (χ0n) is 8.18. The highest BCUT2D eigenvalue weighted by Crippen LogP contribution is 2.31. The van der Waals surface area contributed by atoms with Crippen molar-refractivity contribution in [2.45, 2.75) is 25.4 Å². The molecule has 1 aromatic carbocycles. The minimum Gasteiger partial charge on any atom is -0.150 e. The third-order valence-corrected chi connectivity index (χ3v) is 2.13. The molecule has 0 spiro atoms. The number of hydrogen-bond donors (Lipinski definition) is 0. The number of nitroso groups, excluding NO2 is 2. The van der Waals surface area contributed by atoms with Crippen molar-refractivity contribution in [3.05, 3.63) is 45.7 Å². The van der Waals surface area contributed by atoms with Gasteiger partial charge in [0.2, 0.25) is 0 Å². The Morgan fingerprint density at radius 3 is 2.14 bits per heavy atom. The average Bonchev–Trinajstić information content (AvgIpc) is 2.20. The van der Waals surface area contributed by atoms with Gasteiger partial charge in [0.1, 0.15) is 11.6 Å². The van der Waals surface area contributed by atoms with Gasteiger partial charge in [0.05, 0.1) is 0 Å². The van der Waals surface area contributed by atoms with Gasteiger partial charge in [-0.3, -0.25) is 0 Å². The Kier molecular flexibility index (Phi) is 3.06. The van der Waals surface area contributed by atoms with Crippen molar-refractivity contribution in [3.8, 4) is 0 Å². The van der Waals surface area contributed by atoms with Crippen molar-refractivity contribution in [1.82, 2.24) is 0 Å². The monoisotopic (exact) mass is 192 g/mol. The Morgan fingerprint density at radius 2 is 1.71 bits per heavy atom. The number of benzene rings is 1. The van der Waals surface area contributed by atoms with Crippen LogP contribution in [-0.4, -0.2) is 5.54 Å². The molecule has 0 aliphatic rings. The number of nitrogens with zero attached hydrogens (tertiary/aromatic N) is 2. The fourth-order valence-corrected chi connectivity index (χ4v) is 1.28. The number of hydrogen-bond acceptors (Lipinski definition) is 4. The predicted octanol–water partition coefficient (Wildman–Crippen LogP) is 3.04. The molecule has 0 radical (unpaired) electrons. The minimum atomic E-state index is -0.997. The van der Waals surface area contributed by atoms with Gasteiger partial charge in [-0.25, -0.2) is 0 Å². The number of rotatable bonds is 4. The molecule has 0 fully saturated rings. The largest absolute Gasteiger partial charge is 0.150 e. The predicted molar refractivity (Wildman–Crippen MR) is 54.9 cm³/mol. The van der Waals surface area contributed by atoms with Crippen LogP contribution in [0.1, 0.15) is 25.5 Å². The van der Waals surface area contributed by atoms with E-state index in [0.29, 0.717) is 5.56 Å². The zero-order chi connectivity index (χ0) is 10.6. The highest BCUT2D eigenvalue weighted by Gasteiger charge is 2.33. The molecule has 4 heteroatoms. The quantitative estimate of drug-likeness (QED) is 0.688. The first-order valence-corrected chi connectivity index (χ1v) is 4.33. The average molecular weight is 192 g/mol. The summed E-state index contributed by atoms with van der Waals surface area (Å²) in [5.41, 5.74) is -0.282. The van der Waals surface area contributed by atoms with Crippen LogP contribution in [0.25, 0.3) is 0 Å². The van der Waals surface area contributed by atoms with E-state index in [1.807, 2.05) is 6.07 Å². The molecule has 1 unspecified atom stereocenters. The summed E-state index contributed by atoms with van der Waals surface area (Å²) in [6.45, 7) is 3.19. The van der Waals surface area contributed by atoms with E-state index < -0.39 is 11.6 Å². The maximum absolute atomic E-state index is 10.7. The summed E-state index contributed by atoms with van der Waals surface area (Å²) in [5.74, 6) is 0. The molecule has 0 heterocycles. The van der Waals surface area contributed by atoms with Crippen LogP contribution in [0.3, 0.4) is 0 Å². The second kappa shape index (κ2) is 4.09. The lowest BCUT2D eigenvalue weighted by atomic mass is 9.90. The zero-order valence-corrected chi connectivity index (χ0v) is 8.18. The molecule has 0 bridgehead atoms. The molecule has 14 heavy (non-hydrogen) atoms. The molecule has 1 rings (SSSR count). The third kappa shape index (κ3) is 2.02. The summed E-state index contributed by atoms with van der Waals surface area (Å²) in [6, 6.07) is 8.24. The van der Waals surface area contributed by atoms with Crippen molar-refractivity contribution in [3.63, 3.8) is 0 Å². The first-order chi connectivity index (χ1) is 6.61. The smallest absolute Gasteiger partial charge is 0.145 e. The normalized spacial score (nSPS) is 13.3. The minimum absolute atomic E-state index is 0.715. The molecule has 1 aromatic rings. The van der Waals surface area contributed by atoms with E-state index in [9.17, 15) is 9.81 Å². The van der Waals surface area contributed by atoms with Crippen LogP contribution in [-0.2, 0) is 0 Å². The van der Waals surface area contributed by atoms with Crippen molar-refractivity contribution in [2.75, 3.05) is 0 Å². The molecule has 74 valence electrons. The second-order valence-electron chi connectivity index (χ2n) is 3.66. The Hall–Kier alpha value is -1.58. The van der Waals surface area contributed by atoms with Crippen LogP contribution in [0.5, 0.6) is 0 Å². The Labute approximate surface area is 82.3 Å². The van der Waals surface area contributed by atoms with E-state index in [2.05, 4.69) is 10.4 Å². The van der Waals surface area contributed by atoms with E-state index in [0.717, 1.165) is 0 Å². The maximum Gasteiger partial charge on any atom is 0.145 e. The molecule has 0 saturated carbocycles. The van der Waals surface area contributed by atoms with Crippen LogP contribution in [0.15, 0.2) is 40.7 Å².